The molecule has 3 saturated carbocycles. The summed E-state index contributed by atoms with van der Waals surface area (Å²) in [5.74, 6) is -2.38. The maximum absolute atomic E-state index is 17.5. The van der Waals surface area contributed by atoms with Crippen molar-refractivity contribution in [2.75, 3.05) is 13.2 Å². The lowest BCUT2D eigenvalue weighted by Crippen LogP contribution is -2.70. The summed E-state index contributed by atoms with van der Waals surface area (Å²) < 4.78 is 28.9. The molecule has 0 unspecified atom stereocenters. The molecule has 0 amide bonds. The quantitative estimate of drug-likeness (QED) is 0.163. The van der Waals surface area contributed by atoms with Crippen LogP contribution in [0.25, 0.3) is 0 Å². The van der Waals surface area contributed by atoms with Crippen LogP contribution in [0.2, 0.25) is 0 Å². The average Bonchev–Trinajstić information content (AvgIpc) is 3.18. The molecule has 7 nitrogen and oxygen atoms in total. The van der Waals surface area contributed by atoms with Gasteiger partial charge in [0.2, 0.25) is 5.78 Å². The van der Waals surface area contributed by atoms with Crippen LogP contribution in [0.5, 0.6) is 0 Å². The van der Waals surface area contributed by atoms with Gasteiger partial charge in [-0.3, -0.25) is 9.59 Å². The van der Waals surface area contributed by atoms with Crippen LogP contribution in [0.1, 0.15) is 118 Å². The molecule has 4 aliphatic carbocycles. The first-order chi connectivity index (χ1) is 20.4. The van der Waals surface area contributed by atoms with Crippen molar-refractivity contribution in [1.29, 1.82) is 0 Å². The van der Waals surface area contributed by atoms with E-state index in [4.69, 9.17) is 9.47 Å². The van der Waals surface area contributed by atoms with E-state index in [9.17, 15) is 24.6 Å². The molecule has 0 aliphatic heterocycles. The predicted molar refractivity (Wildman–Crippen MR) is 162 cm³/mol. The lowest BCUT2D eigenvalue weighted by atomic mass is 9.44. The van der Waals surface area contributed by atoms with Gasteiger partial charge in [-0.1, -0.05) is 90.2 Å². The molecule has 0 bridgehead atoms. The second-order valence-corrected chi connectivity index (χ2v) is 14.1. The zero-order valence-corrected chi connectivity index (χ0v) is 26.7. The van der Waals surface area contributed by atoms with Gasteiger partial charge in [0.1, 0.15) is 6.61 Å². The van der Waals surface area contributed by atoms with E-state index in [1.54, 1.807) is 26.8 Å². The number of hydrogen-bond donors (Lipinski definition) is 2. The second kappa shape index (κ2) is 13.5. The van der Waals surface area contributed by atoms with E-state index < -0.39 is 64.5 Å². The molecule has 4 rings (SSSR count). The normalized spacial score (nSPS) is 38.1. The Bertz CT molecular complexity index is 1100. The van der Waals surface area contributed by atoms with Gasteiger partial charge in [-0.15, -0.1) is 0 Å². The molecule has 0 aromatic heterocycles. The number of aliphatic hydroxyl groups is 2. The Morgan fingerprint density at radius 2 is 1.65 bits per heavy atom. The van der Waals surface area contributed by atoms with Crippen LogP contribution in [0.3, 0.4) is 0 Å². The van der Waals surface area contributed by atoms with Crippen LogP contribution >= 0.6 is 0 Å². The number of unbranched alkanes of at least 4 members (excludes halogenated alkanes) is 9. The van der Waals surface area contributed by atoms with Gasteiger partial charge in [-0.2, -0.15) is 0 Å². The molecule has 4 aliphatic rings. The second-order valence-electron chi connectivity index (χ2n) is 14.1. The SMILES string of the molecule is CCCCCCCCCCCCOC(=O)O[C@]1(C(=O)CO)[C@H](C)C[C@H]2[C@@H]3CCC4=CC(=O)C=C[C@]4(C)[C@@]3(F)[C@@H](O)C[C@@]21C. The molecule has 43 heavy (non-hydrogen) atoms. The molecule has 8 heteroatoms. The fourth-order valence-electron chi connectivity index (χ4n) is 9.42. The van der Waals surface area contributed by atoms with Gasteiger partial charge >= 0.3 is 6.16 Å². The van der Waals surface area contributed by atoms with E-state index in [1.807, 2.05) is 0 Å². The van der Waals surface area contributed by atoms with Gasteiger partial charge in [0.05, 0.1) is 12.7 Å². The van der Waals surface area contributed by atoms with Crippen LogP contribution in [0.15, 0.2) is 23.8 Å². The van der Waals surface area contributed by atoms with Crippen LogP contribution in [-0.4, -0.2) is 58.5 Å². The van der Waals surface area contributed by atoms with Crippen LogP contribution < -0.4 is 0 Å². The number of ketones is 2. The van der Waals surface area contributed by atoms with Crippen LogP contribution in [-0.2, 0) is 19.1 Å². The Morgan fingerprint density at radius 1 is 1.02 bits per heavy atom. The zero-order chi connectivity index (χ0) is 31.5. The summed E-state index contributed by atoms with van der Waals surface area (Å²) in [5, 5.41) is 21.7. The smallest absolute Gasteiger partial charge is 0.434 e. The first kappa shape index (κ1) is 33.8. The summed E-state index contributed by atoms with van der Waals surface area (Å²) in [7, 11) is 0. The van der Waals surface area contributed by atoms with Gasteiger partial charge in [0.15, 0.2) is 17.1 Å². The van der Waals surface area contributed by atoms with Gasteiger partial charge < -0.3 is 19.7 Å². The Hall–Kier alpha value is -2.06. The number of carbonyl (C=O) groups is 3. The summed E-state index contributed by atoms with van der Waals surface area (Å²) in [6.45, 7) is 6.88. The highest BCUT2D eigenvalue weighted by molar-refractivity contribution is 6.01. The van der Waals surface area contributed by atoms with E-state index >= 15 is 4.39 Å². The fourth-order valence-corrected chi connectivity index (χ4v) is 9.42. The Morgan fingerprint density at radius 3 is 2.28 bits per heavy atom. The highest BCUT2D eigenvalue weighted by Gasteiger charge is 2.77. The third kappa shape index (κ3) is 5.76. The Kier molecular flexibility index (Phi) is 10.6. The van der Waals surface area contributed by atoms with Crippen molar-refractivity contribution in [3.8, 4) is 0 Å². The summed E-state index contributed by atoms with van der Waals surface area (Å²) in [5.41, 5.74) is -5.41. The Labute approximate surface area is 256 Å². The molecule has 0 saturated heterocycles. The standard InChI is InChI=1S/C35H53FO7/c1-5-6-7-8-9-10-11-12-13-14-19-42-31(41)43-35(30(40)23-37)24(2)20-28-27-16-15-25-21-26(38)17-18-32(25,3)34(27,36)29(39)22-33(28,35)4/h17-18,21,24,27-29,37,39H,5-16,19-20,22-23H2,1-4H3/t24-,27+,28+,29+,32+,33+,34+,35+/m1/s1. The third-order valence-corrected chi connectivity index (χ3v) is 11.7. The number of hydrogen-bond acceptors (Lipinski definition) is 7. The molecule has 242 valence electrons. The van der Waals surface area contributed by atoms with Gasteiger partial charge in [-0.05, 0) is 57.1 Å². The largest absolute Gasteiger partial charge is 0.509 e. The molecule has 3 fully saturated rings. The fraction of sp³-hybridized carbons (Fsp3) is 0.800. The van der Waals surface area contributed by atoms with Gasteiger partial charge in [0.25, 0.3) is 0 Å². The summed E-state index contributed by atoms with van der Waals surface area (Å²) in [6, 6.07) is 0. The lowest BCUT2D eigenvalue weighted by molar-refractivity contribution is -0.222. The first-order valence-electron chi connectivity index (χ1n) is 16.7. The number of alkyl halides is 1. The molecular formula is C35H53FO7. The summed E-state index contributed by atoms with van der Waals surface area (Å²) in [4.78, 5) is 38.7. The van der Waals surface area contributed by atoms with Gasteiger partial charge in [-0.25, -0.2) is 9.18 Å². The number of carbonyl (C=O) groups excluding carboxylic acids is 3. The highest BCUT2D eigenvalue weighted by atomic mass is 19.1. The van der Waals surface area contributed by atoms with Crippen molar-refractivity contribution in [2.24, 2.45) is 28.6 Å². The van der Waals surface area contributed by atoms with Crippen molar-refractivity contribution in [1.82, 2.24) is 0 Å². The van der Waals surface area contributed by atoms with Crippen molar-refractivity contribution < 1.29 is 38.5 Å². The van der Waals surface area contributed by atoms with E-state index in [-0.39, 0.29) is 18.8 Å². The topological polar surface area (TPSA) is 110 Å². The molecule has 0 heterocycles. The lowest BCUT2D eigenvalue weighted by Gasteiger charge is -2.62. The third-order valence-electron chi connectivity index (χ3n) is 11.7. The van der Waals surface area contributed by atoms with E-state index in [0.29, 0.717) is 31.3 Å². The predicted octanol–water partition coefficient (Wildman–Crippen LogP) is 6.98. The van der Waals surface area contributed by atoms with Crippen molar-refractivity contribution in [3.05, 3.63) is 23.8 Å². The molecule has 8 atom stereocenters. The molecule has 0 aromatic carbocycles. The average molecular weight is 605 g/mol. The molecule has 0 spiro atoms. The van der Waals surface area contributed by atoms with Crippen LogP contribution in [0.4, 0.5) is 9.18 Å². The number of ether oxygens (including phenoxy) is 2. The van der Waals surface area contributed by atoms with Crippen molar-refractivity contribution >= 4 is 17.7 Å². The number of halogens is 1. The minimum absolute atomic E-state index is 0.128. The summed E-state index contributed by atoms with van der Waals surface area (Å²) >= 11 is 0. The molecular weight excluding hydrogens is 551 g/mol. The number of allylic oxidation sites excluding steroid dienone is 4. The van der Waals surface area contributed by atoms with E-state index in [2.05, 4.69) is 6.92 Å². The maximum atomic E-state index is 17.5. The van der Waals surface area contributed by atoms with E-state index in [1.165, 1.54) is 50.7 Å². The number of rotatable bonds is 14. The summed E-state index contributed by atoms with van der Waals surface area (Å²) in [6.07, 6.45) is 14.6. The zero-order valence-electron chi connectivity index (χ0n) is 26.7. The van der Waals surface area contributed by atoms with E-state index in [0.717, 1.165) is 19.3 Å². The molecule has 0 aromatic rings. The highest BCUT2D eigenvalue weighted by Crippen LogP contribution is 2.71. The maximum Gasteiger partial charge on any atom is 0.509 e. The number of aliphatic hydroxyl groups excluding tert-OH is 2. The number of Topliss-reactive ketones (excluding diaryl/α,β-unsaturated/α-hetero) is 1. The monoisotopic (exact) mass is 604 g/mol. The minimum atomic E-state index is -2.06. The molecule has 0 radical (unpaired) electrons. The van der Waals surface area contributed by atoms with Crippen LogP contribution in [0, 0.1) is 28.6 Å². The van der Waals surface area contributed by atoms with Crippen molar-refractivity contribution in [2.45, 2.75) is 135 Å². The Balaban J connectivity index is 1.43. The van der Waals surface area contributed by atoms with Crippen molar-refractivity contribution in [3.63, 3.8) is 0 Å². The molecule has 2 N–H and O–H groups in total. The first-order valence-corrected chi connectivity index (χ1v) is 16.7. The van der Waals surface area contributed by atoms with Gasteiger partial charge in [0, 0.05) is 22.7 Å². The minimum Gasteiger partial charge on any atom is -0.434 e. The number of fused-ring (bicyclic) bond motifs is 5.